The van der Waals surface area contributed by atoms with E-state index in [2.05, 4.69) is 0 Å². The molecule has 1 aliphatic heterocycles. The van der Waals surface area contributed by atoms with Gasteiger partial charge < -0.3 is 0 Å². The molecule has 0 unspecified atom stereocenters. The predicted octanol–water partition coefficient (Wildman–Crippen LogP) is 5.18. The van der Waals surface area contributed by atoms with Gasteiger partial charge in [0.05, 0.1) is 16.2 Å². The van der Waals surface area contributed by atoms with E-state index in [4.69, 9.17) is 0 Å². The van der Waals surface area contributed by atoms with E-state index in [-0.39, 0.29) is 16.2 Å². The van der Waals surface area contributed by atoms with Crippen molar-refractivity contribution in [1.29, 1.82) is 0 Å². The van der Waals surface area contributed by atoms with Crippen LogP contribution in [0.15, 0.2) is 82.6 Å². The van der Waals surface area contributed by atoms with Crippen molar-refractivity contribution in [3.05, 3.63) is 101 Å². The van der Waals surface area contributed by atoms with Crippen LogP contribution in [0.4, 0.5) is 18.9 Å². The Bertz CT molecular complexity index is 1140. The molecule has 3 nitrogen and oxygen atoms in total. The van der Waals surface area contributed by atoms with Gasteiger partial charge in [-0.2, -0.15) is 0 Å². The highest BCUT2D eigenvalue weighted by Gasteiger charge is 2.41. The molecular weight excluding hydrogens is 399 g/mol. The minimum atomic E-state index is -1.03. The smallest absolute Gasteiger partial charge is 0.268 e. The molecule has 0 N–H and O–H groups in total. The summed E-state index contributed by atoms with van der Waals surface area (Å²) in [5.74, 6) is -3.84. The zero-order valence-electron chi connectivity index (χ0n) is 14.7. The van der Waals surface area contributed by atoms with Crippen LogP contribution in [0.1, 0.15) is 5.56 Å². The first-order valence-electron chi connectivity index (χ1n) is 8.52. The van der Waals surface area contributed by atoms with E-state index in [9.17, 15) is 22.8 Å². The first kappa shape index (κ1) is 19.0. The fourth-order valence-corrected chi connectivity index (χ4v) is 3.98. The summed E-state index contributed by atoms with van der Waals surface area (Å²) >= 11 is 1.05. The number of hydrogen-bond donors (Lipinski definition) is 0. The molecule has 0 aromatic heterocycles. The first-order chi connectivity index (χ1) is 14.0. The Labute approximate surface area is 168 Å². The molecule has 0 saturated carbocycles. The number of carbonyl (C=O) groups excluding carboxylic acids is 2. The lowest BCUT2D eigenvalue weighted by Gasteiger charge is -2.16. The maximum atomic E-state index is 14.3. The SMILES string of the molecule is O=C1C(Sc2ccccc2)=C(c2ccc(F)cc2)C(=O)N1c1ccc(F)cc1F. The summed E-state index contributed by atoms with van der Waals surface area (Å²) in [7, 11) is 0. The second kappa shape index (κ2) is 7.60. The van der Waals surface area contributed by atoms with Crippen molar-refractivity contribution in [2.24, 2.45) is 0 Å². The molecule has 0 fully saturated rings. The zero-order valence-corrected chi connectivity index (χ0v) is 15.6. The van der Waals surface area contributed by atoms with Gasteiger partial charge in [-0.25, -0.2) is 18.1 Å². The van der Waals surface area contributed by atoms with Gasteiger partial charge in [0.15, 0.2) is 0 Å². The highest BCUT2D eigenvalue weighted by atomic mass is 32.2. The van der Waals surface area contributed by atoms with Crippen molar-refractivity contribution in [3.8, 4) is 0 Å². The van der Waals surface area contributed by atoms with Crippen LogP contribution in [-0.4, -0.2) is 11.8 Å². The van der Waals surface area contributed by atoms with Crippen LogP contribution >= 0.6 is 11.8 Å². The van der Waals surface area contributed by atoms with E-state index >= 15 is 0 Å². The standard InChI is InChI=1S/C22H12F3NO2S/c23-14-8-6-13(7-9-14)19-20(29-16-4-2-1-3-5-16)22(28)26(21(19)27)18-11-10-15(24)12-17(18)25/h1-12H. The van der Waals surface area contributed by atoms with Crippen LogP contribution in [0.2, 0.25) is 0 Å². The normalized spacial score (nSPS) is 14.1. The first-order valence-corrected chi connectivity index (χ1v) is 9.34. The molecule has 3 aromatic rings. The van der Waals surface area contributed by atoms with E-state index in [1.54, 1.807) is 30.3 Å². The third-order valence-electron chi connectivity index (χ3n) is 4.29. The molecule has 144 valence electrons. The van der Waals surface area contributed by atoms with Crippen molar-refractivity contribution >= 4 is 34.8 Å². The molecule has 0 saturated heterocycles. The molecule has 0 bridgehead atoms. The molecule has 0 aliphatic carbocycles. The fourth-order valence-electron chi connectivity index (χ4n) is 2.96. The highest BCUT2D eigenvalue weighted by Crippen LogP contribution is 2.41. The van der Waals surface area contributed by atoms with Gasteiger partial charge in [0.25, 0.3) is 11.8 Å². The summed E-state index contributed by atoms with van der Waals surface area (Å²) in [5, 5.41) is 0. The summed E-state index contributed by atoms with van der Waals surface area (Å²) in [4.78, 5) is 27.7. The van der Waals surface area contributed by atoms with Crippen molar-refractivity contribution < 1.29 is 22.8 Å². The van der Waals surface area contributed by atoms with Crippen LogP contribution in [0.25, 0.3) is 5.57 Å². The number of halogens is 3. The quantitative estimate of drug-likeness (QED) is 0.555. The Morgan fingerprint density at radius 2 is 1.38 bits per heavy atom. The molecule has 0 atom stereocenters. The number of rotatable bonds is 4. The maximum absolute atomic E-state index is 14.3. The van der Waals surface area contributed by atoms with Crippen LogP contribution in [0, 0.1) is 17.5 Å². The Morgan fingerprint density at radius 1 is 0.724 bits per heavy atom. The van der Waals surface area contributed by atoms with Gasteiger partial charge in [-0.3, -0.25) is 9.59 Å². The van der Waals surface area contributed by atoms with Gasteiger partial charge in [-0.15, -0.1) is 0 Å². The molecule has 0 spiro atoms. The minimum absolute atomic E-state index is 0.0348. The van der Waals surface area contributed by atoms with Crippen LogP contribution < -0.4 is 4.90 Å². The van der Waals surface area contributed by atoms with E-state index in [1.165, 1.54) is 24.3 Å². The second-order valence-electron chi connectivity index (χ2n) is 6.17. The number of thioether (sulfide) groups is 1. The predicted molar refractivity (Wildman–Crippen MR) is 104 cm³/mol. The summed E-state index contributed by atoms with van der Waals surface area (Å²) in [5.41, 5.74) is 0.0189. The van der Waals surface area contributed by atoms with Gasteiger partial charge in [0, 0.05) is 11.0 Å². The second-order valence-corrected chi connectivity index (χ2v) is 7.25. The molecule has 2 amide bonds. The van der Waals surface area contributed by atoms with Crippen LogP contribution in [0.3, 0.4) is 0 Å². The van der Waals surface area contributed by atoms with Crippen molar-refractivity contribution in [1.82, 2.24) is 0 Å². The van der Waals surface area contributed by atoms with Crippen LogP contribution in [0.5, 0.6) is 0 Å². The van der Waals surface area contributed by atoms with Gasteiger partial charge in [0.1, 0.15) is 17.5 Å². The lowest BCUT2D eigenvalue weighted by Crippen LogP contribution is -2.32. The Kier molecular flexibility index (Phi) is 4.98. The third kappa shape index (κ3) is 3.56. The number of hydrogen-bond acceptors (Lipinski definition) is 3. The largest absolute Gasteiger partial charge is 0.273 e. The zero-order chi connectivity index (χ0) is 20.5. The van der Waals surface area contributed by atoms with Crippen molar-refractivity contribution in [2.75, 3.05) is 4.90 Å². The average Bonchev–Trinajstić information content (AvgIpc) is 2.94. The number of imide groups is 1. The van der Waals surface area contributed by atoms with Crippen molar-refractivity contribution in [3.63, 3.8) is 0 Å². The van der Waals surface area contributed by atoms with Crippen LogP contribution in [-0.2, 0) is 9.59 Å². The molecule has 29 heavy (non-hydrogen) atoms. The summed E-state index contributed by atoms with van der Waals surface area (Å²) in [6.45, 7) is 0. The molecule has 3 aromatic carbocycles. The molecule has 1 heterocycles. The monoisotopic (exact) mass is 411 g/mol. The number of benzene rings is 3. The summed E-state index contributed by atoms with van der Waals surface area (Å²) in [6.07, 6.45) is 0. The number of anilines is 1. The lowest BCUT2D eigenvalue weighted by atomic mass is 10.1. The molecule has 1 aliphatic rings. The van der Waals surface area contributed by atoms with Gasteiger partial charge >= 0.3 is 0 Å². The number of amides is 2. The fraction of sp³-hybridized carbons (Fsp3) is 0. The molecule has 7 heteroatoms. The lowest BCUT2D eigenvalue weighted by molar-refractivity contribution is -0.119. The maximum Gasteiger partial charge on any atom is 0.273 e. The molecule has 4 rings (SSSR count). The Morgan fingerprint density at radius 3 is 2.03 bits per heavy atom. The van der Waals surface area contributed by atoms with E-state index in [0.29, 0.717) is 21.4 Å². The third-order valence-corrected chi connectivity index (χ3v) is 5.38. The van der Waals surface area contributed by atoms with Gasteiger partial charge in [0.2, 0.25) is 0 Å². The van der Waals surface area contributed by atoms with E-state index in [1.807, 2.05) is 0 Å². The summed E-state index contributed by atoms with van der Waals surface area (Å²) in [6, 6.07) is 16.6. The van der Waals surface area contributed by atoms with Gasteiger partial charge in [-0.05, 0) is 42.0 Å². The van der Waals surface area contributed by atoms with E-state index < -0.39 is 29.3 Å². The number of carbonyl (C=O) groups is 2. The molecular formula is C22H12F3NO2S. The topological polar surface area (TPSA) is 37.4 Å². The highest BCUT2D eigenvalue weighted by molar-refractivity contribution is 8.04. The minimum Gasteiger partial charge on any atom is -0.268 e. The summed E-state index contributed by atoms with van der Waals surface area (Å²) < 4.78 is 41.0. The number of nitrogens with zero attached hydrogens (tertiary/aromatic N) is 1. The Balaban J connectivity index is 1.84. The van der Waals surface area contributed by atoms with Crippen molar-refractivity contribution in [2.45, 2.75) is 4.90 Å². The molecule has 0 radical (unpaired) electrons. The van der Waals surface area contributed by atoms with E-state index in [0.717, 1.165) is 23.9 Å². The average molecular weight is 411 g/mol. The Hall–Kier alpha value is -3.32. The van der Waals surface area contributed by atoms with Gasteiger partial charge in [-0.1, -0.05) is 42.1 Å².